The lowest BCUT2D eigenvalue weighted by atomic mass is 10.2. The van der Waals surface area contributed by atoms with Crippen molar-refractivity contribution < 1.29 is 4.79 Å². The van der Waals surface area contributed by atoms with E-state index >= 15 is 0 Å². The number of nitrogens with zero attached hydrogens (tertiary/aromatic N) is 2. The van der Waals surface area contributed by atoms with Gasteiger partial charge in [0, 0.05) is 14.9 Å². The first-order chi connectivity index (χ1) is 12.2. The van der Waals surface area contributed by atoms with Crippen molar-refractivity contribution in [3.63, 3.8) is 0 Å². The van der Waals surface area contributed by atoms with Crippen LogP contribution in [-0.2, 0) is 4.79 Å². The van der Waals surface area contributed by atoms with Crippen LogP contribution in [0.5, 0.6) is 0 Å². The second kappa shape index (κ2) is 6.78. The summed E-state index contributed by atoms with van der Waals surface area (Å²) in [5.41, 5.74) is 2.14. The van der Waals surface area contributed by atoms with E-state index in [9.17, 15) is 4.79 Å². The fourth-order valence-electron chi connectivity index (χ4n) is 2.66. The van der Waals surface area contributed by atoms with Crippen LogP contribution in [0.15, 0.2) is 87.3 Å². The zero-order valence-electron chi connectivity index (χ0n) is 13.1. The Balaban J connectivity index is 1.84. The molecule has 0 saturated heterocycles. The molecule has 1 aromatic heterocycles. The zero-order valence-corrected chi connectivity index (χ0v) is 15.5. The van der Waals surface area contributed by atoms with E-state index in [-0.39, 0.29) is 5.91 Å². The van der Waals surface area contributed by atoms with Gasteiger partial charge < -0.3 is 0 Å². The van der Waals surface area contributed by atoms with Crippen LogP contribution in [0.3, 0.4) is 0 Å². The summed E-state index contributed by atoms with van der Waals surface area (Å²) in [5, 5.41) is 1.99. The molecule has 0 spiro atoms. The number of amides is 1. The summed E-state index contributed by atoms with van der Waals surface area (Å²) in [7, 11) is 0. The van der Waals surface area contributed by atoms with Gasteiger partial charge in [0.2, 0.25) is 0 Å². The van der Waals surface area contributed by atoms with Gasteiger partial charge in [-0.3, -0.25) is 9.69 Å². The third-order valence-electron chi connectivity index (χ3n) is 3.78. The lowest BCUT2D eigenvalue weighted by Gasteiger charge is -2.18. The summed E-state index contributed by atoms with van der Waals surface area (Å²) in [5.74, 6) is 0.525. The summed E-state index contributed by atoms with van der Waals surface area (Å²) in [6, 6.07) is 21.4. The van der Waals surface area contributed by atoms with Gasteiger partial charge >= 0.3 is 0 Å². The van der Waals surface area contributed by atoms with Crippen molar-refractivity contribution >= 4 is 50.8 Å². The van der Waals surface area contributed by atoms with Crippen LogP contribution in [0, 0.1) is 0 Å². The van der Waals surface area contributed by atoms with E-state index in [1.54, 1.807) is 16.2 Å². The zero-order chi connectivity index (χ0) is 17.2. The van der Waals surface area contributed by atoms with Gasteiger partial charge in [0.15, 0.2) is 0 Å². The molecule has 0 atom stereocenters. The van der Waals surface area contributed by atoms with E-state index in [1.165, 1.54) is 0 Å². The number of carbonyl (C=O) groups excluding carboxylic acids is 1. The predicted octanol–water partition coefficient (Wildman–Crippen LogP) is 5.35. The Morgan fingerprint density at radius 3 is 2.56 bits per heavy atom. The normalized spacial score (nSPS) is 15.7. The topological polar surface area (TPSA) is 32.7 Å². The predicted molar refractivity (Wildman–Crippen MR) is 107 cm³/mol. The maximum atomic E-state index is 13.1. The molecule has 1 aliphatic rings. The third-order valence-corrected chi connectivity index (χ3v) is 5.09. The van der Waals surface area contributed by atoms with E-state index in [0.717, 1.165) is 20.6 Å². The fourth-order valence-corrected chi connectivity index (χ4v) is 3.70. The number of halogens is 1. The van der Waals surface area contributed by atoms with Gasteiger partial charge in [-0.1, -0.05) is 58.4 Å². The molecule has 0 saturated carbocycles. The van der Waals surface area contributed by atoms with Crippen molar-refractivity contribution in [1.82, 2.24) is 0 Å². The molecule has 1 aliphatic heterocycles. The number of carbonyl (C=O) groups is 1. The van der Waals surface area contributed by atoms with E-state index in [2.05, 4.69) is 20.9 Å². The van der Waals surface area contributed by atoms with Gasteiger partial charge in [0.25, 0.3) is 5.91 Å². The molecule has 0 aliphatic carbocycles. The van der Waals surface area contributed by atoms with Crippen LogP contribution < -0.4 is 4.90 Å². The summed E-state index contributed by atoms with van der Waals surface area (Å²) in [4.78, 5) is 20.4. The highest BCUT2D eigenvalue weighted by atomic mass is 79.9. The highest BCUT2D eigenvalue weighted by molar-refractivity contribution is 9.10. The second-order valence-electron chi connectivity index (χ2n) is 5.47. The highest BCUT2D eigenvalue weighted by Crippen LogP contribution is 2.30. The number of hydrogen-bond donors (Lipinski definition) is 0. The minimum Gasteiger partial charge on any atom is -0.266 e. The molecule has 0 unspecified atom stereocenters. The van der Waals surface area contributed by atoms with Gasteiger partial charge in [0.1, 0.15) is 11.5 Å². The average molecular weight is 409 g/mol. The van der Waals surface area contributed by atoms with Gasteiger partial charge in [-0.25, -0.2) is 4.99 Å². The van der Waals surface area contributed by atoms with Gasteiger partial charge in [-0.15, -0.1) is 11.3 Å². The van der Waals surface area contributed by atoms with Crippen molar-refractivity contribution in [3.05, 3.63) is 92.7 Å². The molecule has 3 nitrogen and oxygen atoms in total. The third kappa shape index (κ3) is 3.21. The van der Waals surface area contributed by atoms with Gasteiger partial charge in [0.05, 0.1) is 5.69 Å². The molecule has 4 rings (SSSR count). The van der Waals surface area contributed by atoms with Crippen LogP contribution in [0.1, 0.15) is 10.4 Å². The molecule has 3 aromatic rings. The van der Waals surface area contributed by atoms with Crippen molar-refractivity contribution in [1.29, 1.82) is 0 Å². The van der Waals surface area contributed by atoms with Crippen LogP contribution in [-0.4, -0.2) is 11.7 Å². The van der Waals surface area contributed by atoms with Crippen LogP contribution >= 0.6 is 27.3 Å². The Labute approximate surface area is 158 Å². The van der Waals surface area contributed by atoms with Crippen molar-refractivity contribution in [2.45, 2.75) is 0 Å². The molecule has 0 radical (unpaired) electrons. The SMILES string of the molecule is O=C1/C(=C\c2cccs2)N=C(c2ccccc2)N1c1cccc(Br)c1. The first-order valence-corrected chi connectivity index (χ1v) is 9.39. The van der Waals surface area contributed by atoms with Crippen molar-refractivity contribution in [3.8, 4) is 0 Å². The van der Waals surface area contributed by atoms with E-state index < -0.39 is 0 Å². The average Bonchev–Trinajstić information content (AvgIpc) is 3.25. The summed E-state index contributed by atoms with van der Waals surface area (Å²) in [6.07, 6.45) is 1.84. The minimum atomic E-state index is -0.120. The quantitative estimate of drug-likeness (QED) is 0.537. The van der Waals surface area contributed by atoms with Crippen LogP contribution in [0.25, 0.3) is 6.08 Å². The number of benzene rings is 2. The Bertz CT molecular complexity index is 978. The largest absolute Gasteiger partial charge is 0.282 e. The minimum absolute atomic E-state index is 0.120. The van der Waals surface area contributed by atoms with E-state index in [0.29, 0.717) is 11.5 Å². The monoisotopic (exact) mass is 408 g/mol. The summed E-state index contributed by atoms with van der Waals surface area (Å²) < 4.78 is 0.917. The first-order valence-electron chi connectivity index (χ1n) is 7.72. The molecule has 2 aromatic carbocycles. The van der Waals surface area contributed by atoms with Crippen LogP contribution in [0.4, 0.5) is 5.69 Å². The highest BCUT2D eigenvalue weighted by Gasteiger charge is 2.32. The number of thiophene rings is 1. The van der Waals surface area contributed by atoms with Crippen molar-refractivity contribution in [2.24, 2.45) is 4.99 Å². The van der Waals surface area contributed by atoms with Gasteiger partial charge in [-0.2, -0.15) is 0 Å². The molecule has 5 heteroatoms. The summed E-state index contributed by atoms with van der Waals surface area (Å²) >= 11 is 5.06. The molecule has 0 bridgehead atoms. The molecule has 2 heterocycles. The van der Waals surface area contributed by atoms with Crippen molar-refractivity contribution in [2.75, 3.05) is 4.90 Å². The van der Waals surface area contributed by atoms with Crippen LogP contribution in [0.2, 0.25) is 0 Å². The van der Waals surface area contributed by atoms with Gasteiger partial charge in [-0.05, 0) is 35.7 Å². The standard InChI is InChI=1S/C20H13BrN2OS/c21-15-8-4-9-16(12-15)23-19(14-6-2-1-3-7-14)22-18(20(23)24)13-17-10-5-11-25-17/h1-13H/b18-13+. The Kier molecular flexibility index (Phi) is 4.34. The first kappa shape index (κ1) is 16.0. The lowest BCUT2D eigenvalue weighted by molar-refractivity contribution is -0.113. The Hall–Kier alpha value is -2.50. The molecule has 122 valence electrons. The molecular formula is C20H13BrN2OS. The Morgan fingerprint density at radius 1 is 1.00 bits per heavy atom. The fraction of sp³-hybridized carbons (Fsp3) is 0. The summed E-state index contributed by atoms with van der Waals surface area (Å²) in [6.45, 7) is 0. The molecular weight excluding hydrogens is 396 g/mol. The molecule has 25 heavy (non-hydrogen) atoms. The number of hydrogen-bond acceptors (Lipinski definition) is 3. The lowest BCUT2D eigenvalue weighted by Crippen LogP contribution is -2.32. The maximum absolute atomic E-state index is 13.1. The molecule has 0 N–H and O–H groups in total. The molecule has 0 fully saturated rings. The molecule has 1 amide bonds. The number of amidine groups is 1. The Morgan fingerprint density at radius 2 is 1.84 bits per heavy atom. The second-order valence-corrected chi connectivity index (χ2v) is 7.36. The van der Waals surface area contributed by atoms with E-state index in [4.69, 9.17) is 0 Å². The maximum Gasteiger partial charge on any atom is 0.282 e. The smallest absolute Gasteiger partial charge is 0.266 e. The van der Waals surface area contributed by atoms with E-state index in [1.807, 2.05) is 78.2 Å². The number of rotatable bonds is 3. The number of anilines is 1. The number of aliphatic imine (C=N–C) groups is 1.